The van der Waals surface area contributed by atoms with Gasteiger partial charge < -0.3 is 4.74 Å². The maximum atomic E-state index is 6.32. The van der Waals surface area contributed by atoms with E-state index in [1.807, 2.05) is 18.2 Å². The van der Waals surface area contributed by atoms with Gasteiger partial charge >= 0.3 is 0 Å². The Morgan fingerprint density at radius 3 is 2.29 bits per heavy atom. The highest BCUT2D eigenvalue weighted by atomic mass is 16.5. The Balaban J connectivity index is 1.45. The minimum absolute atomic E-state index is 0.181. The average Bonchev–Trinajstić information content (AvgIpc) is 3.29. The van der Waals surface area contributed by atoms with Gasteiger partial charge in [-0.05, 0) is 113 Å². The highest BCUT2D eigenvalue weighted by Crippen LogP contribution is 2.38. The third-order valence-corrected chi connectivity index (χ3v) is 9.88. The first-order valence-corrected chi connectivity index (χ1v) is 18.2. The molecule has 5 aromatic carbocycles. The first-order chi connectivity index (χ1) is 25.4. The van der Waals surface area contributed by atoms with Crippen molar-refractivity contribution < 1.29 is 4.74 Å². The molecule has 0 aromatic heterocycles. The Labute approximate surface area is 310 Å². The van der Waals surface area contributed by atoms with Crippen molar-refractivity contribution in [2.75, 3.05) is 0 Å². The molecule has 6 rings (SSSR count). The summed E-state index contributed by atoms with van der Waals surface area (Å²) in [4.78, 5) is 0. The van der Waals surface area contributed by atoms with E-state index in [0.29, 0.717) is 5.76 Å². The standard InChI is InChI=1S/C51H48O/c1-6-21-45(8-3)51(5,46-29-13-11-14-30-46)37-39-23-18-26-42(34-39)43-27-19-28-44(35-43)49(48-32-20-25-41-24-16-17-31-47(41)48)36-40(7-2)50-33-15-10-9-12-22-38(4)52-50/h6-14,16-36H,4,15,37H2,1-3,5H3/b10-9-,21-6-,22-12-,40-7+,45-8+,49-36-,50-33-. The molecule has 0 saturated carbocycles. The second kappa shape index (κ2) is 16.9. The number of allylic oxidation sites excluding steroid dienone is 11. The Morgan fingerprint density at radius 1 is 0.769 bits per heavy atom. The molecule has 0 N–H and O–H groups in total. The molecule has 0 bridgehead atoms. The van der Waals surface area contributed by atoms with E-state index in [2.05, 4.69) is 198 Å². The third-order valence-electron chi connectivity index (χ3n) is 9.88. The quantitative estimate of drug-likeness (QED) is 0.134. The lowest BCUT2D eigenvalue weighted by molar-refractivity contribution is 0.332. The molecule has 1 aliphatic rings. The Bertz CT molecular complexity index is 2260. The largest absolute Gasteiger partial charge is 0.458 e. The van der Waals surface area contributed by atoms with Crippen molar-refractivity contribution in [1.29, 1.82) is 0 Å². The molecule has 1 aliphatic heterocycles. The van der Waals surface area contributed by atoms with Gasteiger partial charge in [0.25, 0.3) is 0 Å². The summed E-state index contributed by atoms with van der Waals surface area (Å²) in [7, 11) is 0. The van der Waals surface area contributed by atoms with Crippen molar-refractivity contribution >= 4 is 16.3 Å². The van der Waals surface area contributed by atoms with Crippen LogP contribution < -0.4 is 0 Å². The average molecular weight is 677 g/mol. The van der Waals surface area contributed by atoms with E-state index in [4.69, 9.17) is 4.74 Å². The minimum atomic E-state index is -0.181. The van der Waals surface area contributed by atoms with Crippen molar-refractivity contribution in [2.45, 2.75) is 46.0 Å². The Hall–Kier alpha value is -5.92. The highest BCUT2D eigenvalue weighted by Gasteiger charge is 2.30. The van der Waals surface area contributed by atoms with Gasteiger partial charge in [0.05, 0.1) is 0 Å². The summed E-state index contributed by atoms with van der Waals surface area (Å²) in [5.41, 5.74) is 10.6. The molecule has 1 atom stereocenters. The van der Waals surface area contributed by atoms with Gasteiger partial charge in [-0.2, -0.15) is 0 Å². The zero-order valence-corrected chi connectivity index (χ0v) is 30.9. The normalized spacial score (nSPS) is 17.7. The second-order valence-electron chi connectivity index (χ2n) is 13.4. The highest BCUT2D eigenvalue weighted by molar-refractivity contribution is 5.99. The molecular weight excluding hydrogens is 629 g/mol. The fourth-order valence-corrected chi connectivity index (χ4v) is 7.21. The predicted octanol–water partition coefficient (Wildman–Crippen LogP) is 13.8. The van der Waals surface area contributed by atoms with Gasteiger partial charge in [0.15, 0.2) is 0 Å². The van der Waals surface area contributed by atoms with Crippen molar-refractivity contribution in [2.24, 2.45) is 0 Å². The van der Waals surface area contributed by atoms with Crippen LogP contribution in [0.25, 0.3) is 27.5 Å². The molecule has 1 nitrogen and oxygen atoms in total. The minimum Gasteiger partial charge on any atom is -0.458 e. The lowest BCUT2D eigenvalue weighted by atomic mass is 9.71. The summed E-state index contributed by atoms with van der Waals surface area (Å²) in [6, 6.07) is 44.1. The van der Waals surface area contributed by atoms with Gasteiger partial charge in [0.1, 0.15) is 11.5 Å². The van der Waals surface area contributed by atoms with Crippen LogP contribution in [-0.4, -0.2) is 0 Å². The van der Waals surface area contributed by atoms with Crippen LogP contribution >= 0.6 is 0 Å². The monoisotopic (exact) mass is 676 g/mol. The van der Waals surface area contributed by atoms with Crippen molar-refractivity contribution in [3.8, 4) is 11.1 Å². The SMILES string of the molecule is C=C1/C=C\C=C/C/C=C(C(/C=C(/c2cccc(-c3cccc(CC(C)(C(/C=C\C)=C/C)c4ccccc4)c3)c2)c2cccc3ccccc23)=C/C)\O1. The molecule has 1 heterocycles. The van der Waals surface area contributed by atoms with Crippen molar-refractivity contribution in [1.82, 2.24) is 0 Å². The van der Waals surface area contributed by atoms with Crippen LogP contribution in [0.5, 0.6) is 0 Å². The first-order valence-electron chi connectivity index (χ1n) is 18.2. The summed E-state index contributed by atoms with van der Waals surface area (Å²) in [5, 5.41) is 2.41. The molecular formula is C51H48O. The summed E-state index contributed by atoms with van der Waals surface area (Å²) in [6.45, 7) is 12.8. The van der Waals surface area contributed by atoms with E-state index in [1.165, 1.54) is 44.2 Å². The molecule has 0 radical (unpaired) electrons. The lowest BCUT2D eigenvalue weighted by Crippen LogP contribution is -2.27. The van der Waals surface area contributed by atoms with Crippen LogP contribution in [0.2, 0.25) is 0 Å². The van der Waals surface area contributed by atoms with Crippen molar-refractivity contribution in [3.05, 3.63) is 234 Å². The fourth-order valence-electron chi connectivity index (χ4n) is 7.21. The summed E-state index contributed by atoms with van der Waals surface area (Å²) < 4.78 is 6.32. The van der Waals surface area contributed by atoms with E-state index in [-0.39, 0.29) is 5.41 Å². The summed E-state index contributed by atoms with van der Waals surface area (Å²) in [5.74, 6) is 1.40. The summed E-state index contributed by atoms with van der Waals surface area (Å²) >= 11 is 0. The van der Waals surface area contributed by atoms with Gasteiger partial charge in [-0.3, -0.25) is 0 Å². The van der Waals surface area contributed by atoms with Gasteiger partial charge in [-0.1, -0.05) is 171 Å². The fraction of sp³-hybridized carbons (Fsp3) is 0.137. The van der Waals surface area contributed by atoms with Crippen LogP contribution in [0.15, 0.2) is 211 Å². The van der Waals surface area contributed by atoms with E-state index in [0.717, 1.165) is 35.3 Å². The number of hydrogen-bond donors (Lipinski definition) is 0. The lowest BCUT2D eigenvalue weighted by Gasteiger charge is -2.32. The van der Waals surface area contributed by atoms with Crippen LogP contribution in [0.4, 0.5) is 0 Å². The third kappa shape index (κ3) is 8.17. The second-order valence-corrected chi connectivity index (χ2v) is 13.4. The molecule has 258 valence electrons. The van der Waals surface area contributed by atoms with Crippen LogP contribution in [-0.2, 0) is 16.6 Å². The molecule has 1 unspecified atom stereocenters. The maximum absolute atomic E-state index is 6.32. The van der Waals surface area contributed by atoms with Crippen LogP contribution in [0.1, 0.15) is 56.4 Å². The number of fused-ring (bicyclic) bond motifs is 1. The molecule has 1 heteroatoms. The molecule has 52 heavy (non-hydrogen) atoms. The van der Waals surface area contributed by atoms with Crippen LogP contribution in [0.3, 0.4) is 0 Å². The van der Waals surface area contributed by atoms with Crippen molar-refractivity contribution in [3.63, 3.8) is 0 Å². The van der Waals surface area contributed by atoms with Gasteiger partial charge in [0, 0.05) is 11.0 Å². The van der Waals surface area contributed by atoms with E-state index >= 15 is 0 Å². The summed E-state index contributed by atoms with van der Waals surface area (Å²) in [6.07, 6.45) is 22.8. The zero-order valence-electron chi connectivity index (χ0n) is 30.9. The van der Waals surface area contributed by atoms with Gasteiger partial charge in [0.2, 0.25) is 0 Å². The molecule has 0 saturated heterocycles. The van der Waals surface area contributed by atoms with E-state index in [1.54, 1.807) is 0 Å². The number of rotatable bonds is 10. The Morgan fingerprint density at radius 2 is 1.50 bits per heavy atom. The maximum Gasteiger partial charge on any atom is 0.130 e. The molecule has 0 amide bonds. The number of hydrogen-bond acceptors (Lipinski definition) is 1. The zero-order chi connectivity index (χ0) is 36.3. The van der Waals surface area contributed by atoms with E-state index in [9.17, 15) is 0 Å². The van der Waals surface area contributed by atoms with Gasteiger partial charge in [-0.15, -0.1) is 0 Å². The first kappa shape index (κ1) is 35.9. The molecule has 0 aliphatic carbocycles. The number of benzene rings is 5. The smallest absolute Gasteiger partial charge is 0.130 e. The van der Waals surface area contributed by atoms with Crippen LogP contribution in [0, 0.1) is 0 Å². The number of ether oxygens (including phenoxy) is 1. The molecule has 0 spiro atoms. The van der Waals surface area contributed by atoms with Gasteiger partial charge in [-0.25, -0.2) is 0 Å². The Kier molecular flexibility index (Phi) is 11.6. The topological polar surface area (TPSA) is 9.23 Å². The molecule has 0 fully saturated rings. The van der Waals surface area contributed by atoms with E-state index < -0.39 is 0 Å². The molecule has 5 aromatic rings. The predicted molar refractivity (Wildman–Crippen MR) is 224 cm³/mol.